The molecule has 0 aliphatic heterocycles. The highest BCUT2D eigenvalue weighted by Crippen LogP contribution is 2.26. The second-order valence-electron chi connectivity index (χ2n) is 5.24. The van der Waals surface area contributed by atoms with Crippen LogP contribution < -0.4 is 10.1 Å². The van der Waals surface area contributed by atoms with Crippen LogP contribution >= 0.6 is 11.6 Å². The lowest BCUT2D eigenvalue weighted by Gasteiger charge is -2.16. The van der Waals surface area contributed by atoms with Crippen molar-refractivity contribution < 1.29 is 9.53 Å². The van der Waals surface area contributed by atoms with Crippen molar-refractivity contribution in [1.29, 1.82) is 0 Å². The molecule has 0 aromatic heterocycles. The number of hydrogen-bond acceptors (Lipinski definition) is 2. The molecule has 0 aliphatic carbocycles. The molecule has 3 aromatic rings. The minimum absolute atomic E-state index is 0.222. The summed E-state index contributed by atoms with van der Waals surface area (Å²) in [6.45, 7) is 1.72. The Morgan fingerprint density at radius 1 is 1.04 bits per heavy atom. The smallest absolute Gasteiger partial charge is 0.265 e. The maximum Gasteiger partial charge on any atom is 0.265 e. The number of carbonyl (C=O) groups excluding carboxylic acids is 1. The monoisotopic (exact) mass is 325 g/mol. The second kappa shape index (κ2) is 6.71. The Morgan fingerprint density at radius 2 is 1.78 bits per heavy atom. The number of amides is 1. The first-order chi connectivity index (χ1) is 11.1. The van der Waals surface area contributed by atoms with Gasteiger partial charge in [-0.05, 0) is 36.6 Å². The SMILES string of the molecule is C[C@@H](Oc1cccc2ccccc12)C(=O)Nc1cccc(Cl)c1. The van der Waals surface area contributed by atoms with Gasteiger partial charge in [0.25, 0.3) is 5.91 Å². The minimum atomic E-state index is -0.625. The molecule has 0 aliphatic rings. The van der Waals surface area contributed by atoms with Crippen LogP contribution in [0.4, 0.5) is 5.69 Å². The van der Waals surface area contributed by atoms with Gasteiger partial charge in [0, 0.05) is 16.1 Å². The Hall–Kier alpha value is -2.52. The molecule has 0 saturated heterocycles. The fourth-order valence-electron chi connectivity index (χ4n) is 2.35. The van der Waals surface area contributed by atoms with E-state index in [9.17, 15) is 4.79 Å². The first-order valence-corrected chi connectivity index (χ1v) is 7.72. The van der Waals surface area contributed by atoms with E-state index < -0.39 is 6.10 Å². The van der Waals surface area contributed by atoms with Crippen LogP contribution in [0.25, 0.3) is 10.8 Å². The molecule has 4 heteroatoms. The van der Waals surface area contributed by atoms with Crippen molar-refractivity contribution in [3.63, 3.8) is 0 Å². The van der Waals surface area contributed by atoms with Gasteiger partial charge in [-0.1, -0.05) is 54.1 Å². The highest BCUT2D eigenvalue weighted by Gasteiger charge is 2.16. The molecular weight excluding hydrogens is 310 g/mol. The normalized spacial score (nSPS) is 11.9. The van der Waals surface area contributed by atoms with Gasteiger partial charge in [-0.15, -0.1) is 0 Å². The van der Waals surface area contributed by atoms with Gasteiger partial charge in [-0.3, -0.25) is 4.79 Å². The Morgan fingerprint density at radius 3 is 2.61 bits per heavy atom. The third kappa shape index (κ3) is 3.63. The summed E-state index contributed by atoms with van der Waals surface area (Å²) in [5.74, 6) is 0.469. The van der Waals surface area contributed by atoms with Crippen LogP contribution in [0, 0.1) is 0 Å². The van der Waals surface area contributed by atoms with Gasteiger partial charge in [0.15, 0.2) is 6.10 Å². The third-order valence-corrected chi connectivity index (χ3v) is 3.75. The molecule has 23 heavy (non-hydrogen) atoms. The third-order valence-electron chi connectivity index (χ3n) is 3.51. The number of nitrogens with one attached hydrogen (secondary N) is 1. The largest absolute Gasteiger partial charge is 0.480 e. The topological polar surface area (TPSA) is 38.3 Å². The molecular formula is C19H16ClNO2. The van der Waals surface area contributed by atoms with Gasteiger partial charge in [-0.2, -0.15) is 0 Å². The number of rotatable bonds is 4. The fourth-order valence-corrected chi connectivity index (χ4v) is 2.54. The Bertz CT molecular complexity index is 842. The average Bonchev–Trinajstić information content (AvgIpc) is 2.55. The van der Waals surface area contributed by atoms with Crippen LogP contribution in [-0.4, -0.2) is 12.0 Å². The Balaban J connectivity index is 1.75. The molecule has 0 unspecified atom stereocenters. The molecule has 0 heterocycles. The van der Waals surface area contributed by atoms with E-state index in [2.05, 4.69) is 5.32 Å². The summed E-state index contributed by atoms with van der Waals surface area (Å²) in [6, 6.07) is 20.7. The summed E-state index contributed by atoms with van der Waals surface area (Å²) in [5.41, 5.74) is 0.649. The molecule has 1 atom stereocenters. The zero-order valence-corrected chi connectivity index (χ0v) is 13.4. The second-order valence-corrected chi connectivity index (χ2v) is 5.67. The summed E-state index contributed by atoms with van der Waals surface area (Å²) >= 11 is 5.92. The number of hydrogen-bond donors (Lipinski definition) is 1. The van der Waals surface area contributed by atoms with Crippen molar-refractivity contribution >= 4 is 34.0 Å². The van der Waals surface area contributed by atoms with Gasteiger partial charge in [-0.25, -0.2) is 0 Å². The van der Waals surface area contributed by atoms with E-state index in [0.29, 0.717) is 16.5 Å². The molecule has 3 nitrogen and oxygen atoms in total. The number of benzene rings is 3. The summed E-state index contributed by atoms with van der Waals surface area (Å²) in [5, 5.41) is 5.44. The molecule has 3 aromatic carbocycles. The lowest BCUT2D eigenvalue weighted by molar-refractivity contribution is -0.122. The van der Waals surface area contributed by atoms with Crippen LogP contribution in [0.2, 0.25) is 5.02 Å². The van der Waals surface area contributed by atoms with Crippen LogP contribution in [-0.2, 0) is 4.79 Å². The zero-order valence-electron chi connectivity index (χ0n) is 12.6. The highest BCUT2D eigenvalue weighted by molar-refractivity contribution is 6.30. The molecule has 1 amide bonds. The number of ether oxygens (including phenoxy) is 1. The van der Waals surface area contributed by atoms with E-state index in [1.807, 2.05) is 42.5 Å². The lowest BCUT2D eigenvalue weighted by atomic mass is 10.1. The average molecular weight is 326 g/mol. The first kappa shape index (κ1) is 15.4. The van der Waals surface area contributed by atoms with E-state index in [-0.39, 0.29) is 5.91 Å². The van der Waals surface area contributed by atoms with Gasteiger partial charge in [0.1, 0.15) is 5.75 Å². The van der Waals surface area contributed by atoms with Crippen molar-refractivity contribution in [2.75, 3.05) is 5.32 Å². The Kier molecular flexibility index (Phi) is 4.49. The zero-order chi connectivity index (χ0) is 16.2. The van der Waals surface area contributed by atoms with E-state index in [1.54, 1.807) is 31.2 Å². The molecule has 1 N–H and O–H groups in total. The van der Waals surface area contributed by atoms with Gasteiger partial charge in [0.2, 0.25) is 0 Å². The molecule has 0 fully saturated rings. The van der Waals surface area contributed by atoms with Crippen molar-refractivity contribution in [2.24, 2.45) is 0 Å². The number of fused-ring (bicyclic) bond motifs is 1. The predicted molar refractivity (Wildman–Crippen MR) is 94.1 cm³/mol. The molecule has 3 rings (SSSR count). The van der Waals surface area contributed by atoms with E-state index >= 15 is 0 Å². The van der Waals surface area contributed by atoms with Crippen molar-refractivity contribution in [3.05, 3.63) is 71.8 Å². The lowest BCUT2D eigenvalue weighted by Crippen LogP contribution is -2.30. The van der Waals surface area contributed by atoms with Crippen LogP contribution in [0.5, 0.6) is 5.75 Å². The van der Waals surface area contributed by atoms with Crippen molar-refractivity contribution in [1.82, 2.24) is 0 Å². The van der Waals surface area contributed by atoms with Crippen LogP contribution in [0.3, 0.4) is 0 Å². The van der Waals surface area contributed by atoms with E-state index in [0.717, 1.165) is 10.8 Å². The van der Waals surface area contributed by atoms with Gasteiger partial charge >= 0.3 is 0 Å². The summed E-state index contributed by atoms with van der Waals surface area (Å²) in [6.07, 6.45) is -0.625. The molecule has 116 valence electrons. The summed E-state index contributed by atoms with van der Waals surface area (Å²) in [4.78, 5) is 12.3. The van der Waals surface area contributed by atoms with E-state index in [4.69, 9.17) is 16.3 Å². The standard InChI is InChI=1S/C19H16ClNO2/c1-13(19(22)21-16-9-5-8-15(20)12-16)23-18-11-4-7-14-6-2-3-10-17(14)18/h2-13H,1H3,(H,21,22)/t13-/m1/s1. The summed E-state index contributed by atoms with van der Waals surface area (Å²) in [7, 11) is 0. The fraction of sp³-hybridized carbons (Fsp3) is 0.105. The van der Waals surface area contributed by atoms with Crippen molar-refractivity contribution in [3.8, 4) is 5.75 Å². The predicted octanol–water partition coefficient (Wildman–Crippen LogP) is 4.90. The number of anilines is 1. The highest BCUT2D eigenvalue weighted by atomic mass is 35.5. The molecule has 0 bridgehead atoms. The minimum Gasteiger partial charge on any atom is -0.480 e. The van der Waals surface area contributed by atoms with Gasteiger partial charge in [0.05, 0.1) is 0 Å². The number of halogens is 1. The maximum absolute atomic E-state index is 12.3. The molecule has 0 radical (unpaired) electrons. The van der Waals surface area contributed by atoms with Gasteiger partial charge < -0.3 is 10.1 Å². The maximum atomic E-state index is 12.3. The molecule has 0 spiro atoms. The summed E-state index contributed by atoms with van der Waals surface area (Å²) < 4.78 is 5.85. The first-order valence-electron chi connectivity index (χ1n) is 7.34. The van der Waals surface area contributed by atoms with E-state index in [1.165, 1.54) is 0 Å². The molecule has 0 saturated carbocycles. The quantitative estimate of drug-likeness (QED) is 0.741. The van der Waals surface area contributed by atoms with Crippen LogP contribution in [0.15, 0.2) is 66.7 Å². The Labute approximate surface area is 139 Å². The van der Waals surface area contributed by atoms with Crippen molar-refractivity contribution in [2.45, 2.75) is 13.0 Å². The number of carbonyl (C=O) groups is 1. The van der Waals surface area contributed by atoms with Crippen LogP contribution in [0.1, 0.15) is 6.92 Å².